The first-order chi connectivity index (χ1) is 6.00. The Balaban J connectivity index is 3.06. The Morgan fingerprint density at radius 1 is 1.62 bits per heavy atom. The molecular weight excluding hydrogens is 241 g/mol. The largest absolute Gasteiger partial charge is 0.481 e. The molecule has 1 rings (SSSR count). The number of carboxylic acids is 1. The molecule has 0 aromatic heterocycles. The number of benzene rings is 1. The summed E-state index contributed by atoms with van der Waals surface area (Å²) >= 11 is 3.03. The fourth-order valence-corrected chi connectivity index (χ4v) is 1.40. The number of nitrogens with two attached hydrogens (primary N) is 1. The maximum absolute atomic E-state index is 12.9. The maximum Gasteiger partial charge on any atom is 0.307 e. The molecule has 70 valence electrons. The highest BCUT2D eigenvalue weighted by Crippen LogP contribution is 2.24. The molecule has 3 nitrogen and oxygen atoms in total. The summed E-state index contributed by atoms with van der Waals surface area (Å²) in [6, 6.07) is 2.61. The highest BCUT2D eigenvalue weighted by atomic mass is 79.9. The minimum absolute atomic E-state index is 0.00543. The smallest absolute Gasteiger partial charge is 0.307 e. The molecule has 0 unspecified atom stereocenters. The Morgan fingerprint density at radius 2 is 2.23 bits per heavy atom. The molecule has 1 aromatic rings. The summed E-state index contributed by atoms with van der Waals surface area (Å²) in [5.74, 6) is -1.61. The third-order valence-corrected chi connectivity index (χ3v) is 2.15. The van der Waals surface area contributed by atoms with E-state index in [1.807, 2.05) is 0 Å². The van der Waals surface area contributed by atoms with Crippen LogP contribution in [0.25, 0.3) is 0 Å². The minimum atomic E-state index is -1.00. The van der Waals surface area contributed by atoms with Crippen molar-refractivity contribution < 1.29 is 14.3 Å². The molecule has 0 spiro atoms. The summed E-state index contributed by atoms with van der Waals surface area (Å²) < 4.78 is 13.3. The van der Waals surface area contributed by atoms with E-state index in [4.69, 9.17) is 10.8 Å². The second-order valence-electron chi connectivity index (χ2n) is 2.54. The molecule has 5 heteroatoms. The number of halogens is 2. The quantitative estimate of drug-likeness (QED) is 0.784. The van der Waals surface area contributed by atoms with Gasteiger partial charge < -0.3 is 10.8 Å². The topological polar surface area (TPSA) is 63.3 Å². The summed E-state index contributed by atoms with van der Waals surface area (Å²) in [6.07, 6.45) is -0.213. The average molecular weight is 248 g/mol. The first-order valence-corrected chi connectivity index (χ1v) is 4.25. The summed E-state index contributed by atoms with van der Waals surface area (Å²) in [7, 11) is 0. The predicted molar refractivity (Wildman–Crippen MR) is 49.9 cm³/mol. The van der Waals surface area contributed by atoms with Crippen molar-refractivity contribution in [2.24, 2.45) is 0 Å². The van der Waals surface area contributed by atoms with Gasteiger partial charge in [-0.25, -0.2) is 4.39 Å². The standard InChI is InChI=1S/C8H7BrFNO2/c9-5-1-4(3-7(12)13)2-6(10)8(5)11/h1-2H,3,11H2,(H,12,13). The molecule has 3 N–H and O–H groups in total. The van der Waals surface area contributed by atoms with Crippen molar-refractivity contribution in [2.75, 3.05) is 5.73 Å². The van der Waals surface area contributed by atoms with Gasteiger partial charge >= 0.3 is 5.97 Å². The van der Waals surface area contributed by atoms with Crippen LogP contribution in [-0.2, 0) is 11.2 Å². The van der Waals surface area contributed by atoms with Gasteiger partial charge in [0, 0.05) is 4.47 Å². The van der Waals surface area contributed by atoms with Gasteiger partial charge in [-0.15, -0.1) is 0 Å². The van der Waals surface area contributed by atoms with E-state index in [1.54, 1.807) is 0 Å². The third kappa shape index (κ3) is 2.42. The second kappa shape index (κ2) is 3.74. The Morgan fingerprint density at radius 3 is 2.69 bits per heavy atom. The van der Waals surface area contributed by atoms with Crippen molar-refractivity contribution in [1.82, 2.24) is 0 Å². The van der Waals surface area contributed by atoms with Gasteiger partial charge in [0.05, 0.1) is 12.1 Å². The van der Waals surface area contributed by atoms with Crippen LogP contribution < -0.4 is 5.73 Å². The van der Waals surface area contributed by atoms with Crippen molar-refractivity contribution in [3.8, 4) is 0 Å². The lowest BCUT2D eigenvalue weighted by Crippen LogP contribution is -2.02. The third-order valence-electron chi connectivity index (χ3n) is 1.49. The van der Waals surface area contributed by atoms with E-state index < -0.39 is 11.8 Å². The van der Waals surface area contributed by atoms with Crippen LogP contribution in [0.15, 0.2) is 16.6 Å². The van der Waals surface area contributed by atoms with Crippen LogP contribution in [0, 0.1) is 5.82 Å². The summed E-state index contributed by atoms with van der Waals surface area (Å²) in [5.41, 5.74) is 5.69. The lowest BCUT2D eigenvalue weighted by molar-refractivity contribution is -0.136. The second-order valence-corrected chi connectivity index (χ2v) is 3.40. The van der Waals surface area contributed by atoms with E-state index >= 15 is 0 Å². The van der Waals surface area contributed by atoms with Gasteiger partial charge in [-0.1, -0.05) is 0 Å². The van der Waals surface area contributed by atoms with Crippen LogP contribution in [0.5, 0.6) is 0 Å². The van der Waals surface area contributed by atoms with E-state index in [2.05, 4.69) is 15.9 Å². The van der Waals surface area contributed by atoms with Gasteiger partial charge in [-0.2, -0.15) is 0 Å². The van der Waals surface area contributed by atoms with Crippen molar-refractivity contribution in [3.63, 3.8) is 0 Å². The normalized spacial score (nSPS) is 10.0. The van der Waals surface area contributed by atoms with E-state index in [0.29, 0.717) is 10.0 Å². The molecule has 0 atom stereocenters. The SMILES string of the molecule is Nc1c(F)cc(CC(=O)O)cc1Br. The number of hydrogen-bond donors (Lipinski definition) is 2. The average Bonchev–Trinajstić information content (AvgIpc) is 1.98. The summed E-state index contributed by atoms with van der Waals surface area (Å²) in [4.78, 5) is 10.3. The van der Waals surface area contributed by atoms with Crippen molar-refractivity contribution in [2.45, 2.75) is 6.42 Å². The Kier molecular flexibility index (Phi) is 2.87. The molecule has 1 aromatic carbocycles. The monoisotopic (exact) mass is 247 g/mol. The van der Waals surface area contributed by atoms with E-state index in [-0.39, 0.29) is 12.1 Å². The van der Waals surface area contributed by atoms with Crippen LogP contribution >= 0.6 is 15.9 Å². The van der Waals surface area contributed by atoms with Crippen LogP contribution in [0.3, 0.4) is 0 Å². The number of rotatable bonds is 2. The molecule has 0 saturated heterocycles. The molecule has 13 heavy (non-hydrogen) atoms. The van der Waals surface area contributed by atoms with E-state index in [1.165, 1.54) is 6.07 Å². The fraction of sp³-hybridized carbons (Fsp3) is 0.125. The highest BCUT2D eigenvalue weighted by Gasteiger charge is 2.07. The molecule has 0 fully saturated rings. The lowest BCUT2D eigenvalue weighted by atomic mass is 10.1. The van der Waals surface area contributed by atoms with Crippen LogP contribution in [0.2, 0.25) is 0 Å². The lowest BCUT2D eigenvalue weighted by Gasteiger charge is -2.03. The molecule has 0 heterocycles. The zero-order valence-corrected chi connectivity index (χ0v) is 8.14. The zero-order valence-electron chi connectivity index (χ0n) is 6.55. The Hall–Kier alpha value is -1.10. The number of nitrogen functional groups attached to an aromatic ring is 1. The summed E-state index contributed by atoms with van der Waals surface area (Å²) in [5, 5.41) is 8.45. The van der Waals surface area contributed by atoms with Crippen LogP contribution in [-0.4, -0.2) is 11.1 Å². The van der Waals surface area contributed by atoms with Gasteiger partial charge in [-0.05, 0) is 33.6 Å². The molecule has 0 aliphatic carbocycles. The van der Waals surface area contributed by atoms with Crippen molar-refractivity contribution in [3.05, 3.63) is 28.0 Å². The van der Waals surface area contributed by atoms with Gasteiger partial charge in [0.1, 0.15) is 5.82 Å². The molecular formula is C8H7BrFNO2. The Labute approximate surface area is 82.5 Å². The maximum atomic E-state index is 12.9. The molecule has 0 aliphatic rings. The minimum Gasteiger partial charge on any atom is -0.481 e. The van der Waals surface area contributed by atoms with E-state index in [9.17, 15) is 9.18 Å². The number of aliphatic carboxylic acids is 1. The molecule has 0 radical (unpaired) electrons. The van der Waals surface area contributed by atoms with Crippen molar-refractivity contribution >= 4 is 27.6 Å². The number of anilines is 1. The van der Waals surface area contributed by atoms with Gasteiger partial charge in [0.15, 0.2) is 0 Å². The molecule has 0 bridgehead atoms. The van der Waals surface area contributed by atoms with Gasteiger partial charge in [0.25, 0.3) is 0 Å². The highest BCUT2D eigenvalue weighted by molar-refractivity contribution is 9.10. The number of hydrogen-bond acceptors (Lipinski definition) is 2. The van der Waals surface area contributed by atoms with E-state index in [0.717, 1.165) is 6.07 Å². The zero-order chi connectivity index (χ0) is 10.0. The fourth-order valence-electron chi connectivity index (χ4n) is 0.913. The van der Waals surface area contributed by atoms with Crippen LogP contribution in [0.4, 0.5) is 10.1 Å². The van der Waals surface area contributed by atoms with Gasteiger partial charge in [-0.3, -0.25) is 4.79 Å². The predicted octanol–water partition coefficient (Wildman–Crippen LogP) is 1.80. The molecule has 0 aliphatic heterocycles. The number of carbonyl (C=O) groups is 1. The molecule has 0 amide bonds. The van der Waals surface area contributed by atoms with Crippen molar-refractivity contribution in [1.29, 1.82) is 0 Å². The first-order valence-electron chi connectivity index (χ1n) is 3.46. The molecule has 0 saturated carbocycles. The Bertz CT molecular complexity index is 331. The first kappa shape index (κ1) is 9.98. The summed E-state index contributed by atoms with van der Waals surface area (Å²) in [6.45, 7) is 0. The van der Waals surface area contributed by atoms with Gasteiger partial charge in [0.2, 0.25) is 0 Å². The number of carboxylic acid groups (broad SMARTS) is 1. The van der Waals surface area contributed by atoms with Crippen LogP contribution in [0.1, 0.15) is 5.56 Å².